The maximum Gasteiger partial charge on any atom is 0.252 e. The van der Waals surface area contributed by atoms with Crippen molar-refractivity contribution < 1.29 is 9.32 Å². The Balaban J connectivity index is 1.84. The van der Waals surface area contributed by atoms with Crippen LogP contribution >= 0.6 is 11.3 Å². The van der Waals surface area contributed by atoms with Gasteiger partial charge in [0.05, 0.1) is 17.0 Å². The average molecular weight is 290 g/mol. The summed E-state index contributed by atoms with van der Waals surface area (Å²) in [6.45, 7) is 2.50. The molecule has 0 fully saturated rings. The van der Waals surface area contributed by atoms with Crippen molar-refractivity contribution in [2.45, 2.75) is 13.3 Å². The number of aromatic nitrogens is 2. The third kappa shape index (κ3) is 3.91. The highest BCUT2D eigenvalue weighted by atomic mass is 32.1. The molecule has 0 bridgehead atoms. The van der Waals surface area contributed by atoms with Gasteiger partial charge in [0, 0.05) is 18.3 Å². The number of hydrogen-bond acceptors (Lipinski definition) is 6. The van der Waals surface area contributed by atoms with Crippen LogP contribution in [0.4, 0.5) is 0 Å². The molecule has 0 saturated carbocycles. The minimum Gasteiger partial charge on any atom is -0.351 e. The van der Waals surface area contributed by atoms with Crippen LogP contribution in [0.5, 0.6) is 0 Å². The lowest BCUT2D eigenvalue weighted by Gasteiger charge is -2.00. The molecule has 0 atom stereocenters. The molecule has 104 valence electrons. The molecular weight excluding hydrogens is 276 g/mol. The molecule has 0 aromatic carbocycles. The largest absolute Gasteiger partial charge is 0.351 e. The summed E-state index contributed by atoms with van der Waals surface area (Å²) in [5, 5.41) is 8.25. The van der Waals surface area contributed by atoms with Crippen molar-refractivity contribution in [3.8, 4) is 11.8 Å². The SMILES string of the molecule is Cc1noc(CCNC(=O)c2csc(C#CCN)c2)n1. The van der Waals surface area contributed by atoms with E-state index in [1.54, 1.807) is 18.4 Å². The van der Waals surface area contributed by atoms with Gasteiger partial charge in [0.1, 0.15) is 0 Å². The molecule has 0 aliphatic rings. The molecule has 7 heteroatoms. The van der Waals surface area contributed by atoms with Crippen molar-refractivity contribution in [1.29, 1.82) is 0 Å². The predicted molar refractivity (Wildman–Crippen MR) is 75.3 cm³/mol. The van der Waals surface area contributed by atoms with Gasteiger partial charge in [-0.25, -0.2) is 0 Å². The molecule has 20 heavy (non-hydrogen) atoms. The van der Waals surface area contributed by atoms with E-state index in [9.17, 15) is 4.79 Å². The van der Waals surface area contributed by atoms with E-state index >= 15 is 0 Å². The molecule has 2 aromatic heterocycles. The number of carbonyl (C=O) groups excluding carboxylic acids is 1. The normalized spacial score (nSPS) is 9.90. The van der Waals surface area contributed by atoms with E-state index in [4.69, 9.17) is 10.3 Å². The zero-order chi connectivity index (χ0) is 14.4. The first-order chi connectivity index (χ1) is 9.69. The molecule has 0 aliphatic heterocycles. The van der Waals surface area contributed by atoms with Crippen LogP contribution in [0.2, 0.25) is 0 Å². The third-order valence-corrected chi connectivity index (χ3v) is 3.21. The Hall–Kier alpha value is -2.17. The van der Waals surface area contributed by atoms with Crippen LogP contribution in [-0.2, 0) is 6.42 Å². The third-order valence-electron chi connectivity index (χ3n) is 2.37. The number of aryl methyl sites for hydroxylation is 1. The van der Waals surface area contributed by atoms with Gasteiger partial charge in [0.15, 0.2) is 5.82 Å². The minimum absolute atomic E-state index is 0.140. The average Bonchev–Trinajstić information content (AvgIpc) is 3.05. The number of amides is 1. The number of hydrogen-bond donors (Lipinski definition) is 2. The molecule has 0 aliphatic carbocycles. The molecule has 2 aromatic rings. The van der Waals surface area contributed by atoms with E-state index in [0.717, 1.165) is 4.88 Å². The standard InChI is InChI=1S/C13H14N4O2S/c1-9-16-12(19-17-9)4-6-15-13(18)10-7-11(20-8-10)3-2-5-14/h7-8H,4-6,14H2,1H3,(H,15,18). The van der Waals surface area contributed by atoms with Gasteiger partial charge in [-0.2, -0.15) is 4.98 Å². The summed E-state index contributed by atoms with van der Waals surface area (Å²) in [6.07, 6.45) is 0.510. The first kappa shape index (κ1) is 14.2. The quantitative estimate of drug-likeness (QED) is 0.809. The summed E-state index contributed by atoms with van der Waals surface area (Å²) < 4.78 is 4.96. The molecular formula is C13H14N4O2S. The fraction of sp³-hybridized carbons (Fsp3) is 0.308. The molecule has 0 unspecified atom stereocenters. The number of nitrogens with two attached hydrogens (primary N) is 1. The molecule has 0 radical (unpaired) electrons. The predicted octanol–water partition coefficient (Wildman–Crippen LogP) is 0.722. The van der Waals surface area contributed by atoms with E-state index < -0.39 is 0 Å². The lowest BCUT2D eigenvalue weighted by Crippen LogP contribution is -2.25. The van der Waals surface area contributed by atoms with Gasteiger partial charge in [-0.15, -0.1) is 11.3 Å². The summed E-state index contributed by atoms with van der Waals surface area (Å²) >= 11 is 1.42. The van der Waals surface area contributed by atoms with Crippen LogP contribution in [-0.4, -0.2) is 29.1 Å². The summed E-state index contributed by atoms with van der Waals surface area (Å²) in [5.74, 6) is 6.61. The molecule has 3 N–H and O–H groups in total. The van der Waals surface area contributed by atoms with Crippen molar-refractivity contribution in [3.63, 3.8) is 0 Å². The summed E-state index contributed by atoms with van der Waals surface area (Å²) in [7, 11) is 0. The van der Waals surface area contributed by atoms with Gasteiger partial charge in [0.25, 0.3) is 5.91 Å². The first-order valence-corrected chi connectivity index (χ1v) is 6.92. The Morgan fingerprint density at radius 2 is 2.45 bits per heavy atom. The second-order valence-electron chi connectivity index (χ2n) is 3.95. The number of thiophene rings is 1. The van der Waals surface area contributed by atoms with Crippen molar-refractivity contribution in [2.24, 2.45) is 5.73 Å². The Labute approximate surface area is 120 Å². The fourth-order valence-corrected chi connectivity index (χ4v) is 2.24. The highest BCUT2D eigenvalue weighted by Crippen LogP contribution is 2.13. The maximum atomic E-state index is 11.9. The molecule has 2 heterocycles. The zero-order valence-electron chi connectivity index (χ0n) is 11.0. The molecule has 1 amide bonds. The monoisotopic (exact) mass is 290 g/mol. The smallest absolute Gasteiger partial charge is 0.252 e. The lowest BCUT2D eigenvalue weighted by molar-refractivity contribution is 0.0954. The van der Waals surface area contributed by atoms with Crippen LogP contribution in [0.15, 0.2) is 16.0 Å². The van der Waals surface area contributed by atoms with Crippen molar-refractivity contribution in [1.82, 2.24) is 15.5 Å². The van der Waals surface area contributed by atoms with E-state index in [-0.39, 0.29) is 5.91 Å². The Morgan fingerprint density at radius 3 is 3.15 bits per heavy atom. The number of rotatable bonds is 4. The number of nitrogens with one attached hydrogen (secondary N) is 1. The van der Waals surface area contributed by atoms with E-state index in [0.29, 0.717) is 36.8 Å². The van der Waals surface area contributed by atoms with Crippen molar-refractivity contribution in [2.75, 3.05) is 13.1 Å². The Kier molecular flexibility index (Phi) is 4.87. The van der Waals surface area contributed by atoms with E-state index in [1.807, 2.05) is 0 Å². The van der Waals surface area contributed by atoms with Gasteiger partial charge in [-0.3, -0.25) is 4.79 Å². The van der Waals surface area contributed by atoms with E-state index in [1.165, 1.54) is 11.3 Å². The molecule has 6 nitrogen and oxygen atoms in total. The molecule has 0 spiro atoms. The van der Waals surface area contributed by atoms with Crippen LogP contribution in [0.25, 0.3) is 0 Å². The van der Waals surface area contributed by atoms with Crippen molar-refractivity contribution in [3.05, 3.63) is 33.6 Å². The summed E-state index contributed by atoms with van der Waals surface area (Å²) in [4.78, 5) is 16.8. The van der Waals surface area contributed by atoms with Gasteiger partial charge in [-0.1, -0.05) is 17.0 Å². The zero-order valence-corrected chi connectivity index (χ0v) is 11.8. The molecule has 2 rings (SSSR count). The van der Waals surface area contributed by atoms with Crippen LogP contribution in [0.3, 0.4) is 0 Å². The summed E-state index contributed by atoms with van der Waals surface area (Å²) in [6, 6.07) is 1.75. The van der Waals surface area contributed by atoms with Crippen LogP contribution in [0, 0.1) is 18.8 Å². The summed E-state index contributed by atoms with van der Waals surface area (Å²) in [5.41, 5.74) is 5.89. The first-order valence-electron chi connectivity index (χ1n) is 6.04. The topological polar surface area (TPSA) is 94.0 Å². The second kappa shape index (κ2) is 6.84. The number of nitrogens with zero attached hydrogens (tertiary/aromatic N) is 2. The van der Waals surface area contributed by atoms with E-state index in [2.05, 4.69) is 27.3 Å². The van der Waals surface area contributed by atoms with Gasteiger partial charge in [-0.05, 0) is 13.0 Å². The van der Waals surface area contributed by atoms with Gasteiger partial charge in [0.2, 0.25) is 5.89 Å². The Morgan fingerprint density at radius 1 is 1.60 bits per heavy atom. The Bertz CT molecular complexity index is 651. The highest BCUT2D eigenvalue weighted by Gasteiger charge is 2.08. The molecule has 0 saturated heterocycles. The van der Waals surface area contributed by atoms with Gasteiger partial charge < -0.3 is 15.6 Å². The van der Waals surface area contributed by atoms with Crippen LogP contribution in [0.1, 0.15) is 27.0 Å². The van der Waals surface area contributed by atoms with Gasteiger partial charge >= 0.3 is 0 Å². The number of carbonyl (C=O) groups is 1. The van der Waals surface area contributed by atoms with Crippen molar-refractivity contribution >= 4 is 17.2 Å². The van der Waals surface area contributed by atoms with Crippen LogP contribution < -0.4 is 11.1 Å². The lowest BCUT2D eigenvalue weighted by atomic mass is 10.3. The highest BCUT2D eigenvalue weighted by molar-refractivity contribution is 7.10. The minimum atomic E-state index is -0.140. The second-order valence-corrected chi connectivity index (χ2v) is 4.86. The maximum absolute atomic E-state index is 11.9. The fourth-order valence-electron chi connectivity index (χ4n) is 1.49.